The Hall–Kier alpha value is -1.43. The van der Waals surface area contributed by atoms with Crippen LogP contribution in [0.5, 0.6) is 0 Å². The second kappa shape index (κ2) is 7.89. The first-order valence-electron chi connectivity index (χ1n) is 6.70. The molecule has 2 amide bonds. The second-order valence-electron chi connectivity index (χ2n) is 4.98. The van der Waals surface area contributed by atoms with Crippen molar-refractivity contribution in [3.05, 3.63) is 0 Å². The third-order valence-corrected chi connectivity index (χ3v) is 3.29. The van der Waals surface area contributed by atoms with Gasteiger partial charge in [0.15, 0.2) is 5.78 Å². The Balaban J connectivity index is 2.36. The third kappa shape index (κ3) is 5.83. The van der Waals surface area contributed by atoms with E-state index < -0.39 is 11.9 Å². The number of hydrogen-bond acceptors (Lipinski definition) is 4. The zero-order valence-corrected chi connectivity index (χ0v) is 11.3. The summed E-state index contributed by atoms with van der Waals surface area (Å²) in [5, 5.41) is 2.71. The summed E-state index contributed by atoms with van der Waals surface area (Å²) in [4.78, 5) is 34.3. The summed E-state index contributed by atoms with van der Waals surface area (Å²) < 4.78 is 5.17. The molecule has 0 bridgehead atoms. The quantitative estimate of drug-likeness (QED) is 0.742. The summed E-state index contributed by atoms with van der Waals surface area (Å²) in [6, 6.07) is -0.461. The Kier molecular flexibility index (Phi) is 6.49. The van der Waals surface area contributed by atoms with E-state index in [9.17, 15) is 14.4 Å². The summed E-state index contributed by atoms with van der Waals surface area (Å²) >= 11 is 0. The van der Waals surface area contributed by atoms with Gasteiger partial charge in [0, 0.05) is 18.9 Å². The number of nitrogens with one attached hydrogen (secondary N) is 1. The summed E-state index contributed by atoms with van der Waals surface area (Å²) in [7, 11) is 0. The van der Waals surface area contributed by atoms with Crippen LogP contribution in [0.15, 0.2) is 0 Å². The average molecular weight is 270 g/mol. The van der Waals surface area contributed by atoms with Crippen LogP contribution in [-0.4, -0.2) is 36.9 Å². The van der Waals surface area contributed by atoms with Crippen molar-refractivity contribution in [2.45, 2.75) is 45.1 Å². The maximum absolute atomic E-state index is 11.7. The fourth-order valence-corrected chi connectivity index (χ4v) is 1.90. The van der Waals surface area contributed by atoms with Gasteiger partial charge in [0.25, 0.3) is 0 Å². The number of primary amides is 1. The van der Waals surface area contributed by atoms with Gasteiger partial charge in [-0.05, 0) is 25.7 Å². The number of ether oxygens (including phenoxy) is 1. The highest BCUT2D eigenvalue weighted by atomic mass is 16.5. The van der Waals surface area contributed by atoms with E-state index in [4.69, 9.17) is 10.5 Å². The molecule has 1 heterocycles. The van der Waals surface area contributed by atoms with Crippen molar-refractivity contribution in [3.63, 3.8) is 0 Å². The molecule has 108 valence electrons. The van der Waals surface area contributed by atoms with Crippen molar-refractivity contribution in [3.8, 4) is 0 Å². The van der Waals surface area contributed by atoms with Gasteiger partial charge in [-0.2, -0.15) is 0 Å². The van der Waals surface area contributed by atoms with Gasteiger partial charge in [-0.15, -0.1) is 0 Å². The number of carbonyl (C=O) groups excluding carboxylic acids is 3. The van der Waals surface area contributed by atoms with E-state index in [0.29, 0.717) is 19.4 Å². The Morgan fingerprint density at radius 2 is 2.21 bits per heavy atom. The van der Waals surface area contributed by atoms with Gasteiger partial charge in [-0.25, -0.2) is 0 Å². The molecular weight excluding hydrogens is 248 g/mol. The zero-order valence-electron chi connectivity index (χ0n) is 11.3. The van der Waals surface area contributed by atoms with Crippen LogP contribution >= 0.6 is 0 Å². The second-order valence-corrected chi connectivity index (χ2v) is 4.98. The van der Waals surface area contributed by atoms with Crippen LogP contribution in [0.25, 0.3) is 0 Å². The molecule has 0 aromatic heterocycles. The zero-order chi connectivity index (χ0) is 14.3. The molecule has 0 radical (unpaired) electrons. The fourth-order valence-electron chi connectivity index (χ4n) is 1.90. The van der Waals surface area contributed by atoms with Gasteiger partial charge in [-0.1, -0.05) is 6.92 Å². The van der Waals surface area contributed by atoms with Gasteiger partial charge in [0.05, 0.1) is 6.04 Å². The van der Waals surface area contributed by atoms with E-state index in [1.54, 1.807) is 6.92 Å². The lowest BCUT2D eigenvalue weighted by molar-refractivity contribution is -0.131. The van der Waals surface area contributed by atoms with Crippen LogP contribution < -0.4 is 11.1 Å². The predicted molar refractivity (Wildman–Crippen MR) is 69.2 cm³/mol. The molecule has 1 saturated heterocycles. The molecule has 0 unspecified atom stereocenters. The molecule has 1 rings (SSSR count). The lowest BCUT2D eigenvalue weighted by Gasteiger charge is -2.20. The van der Waals surface area contributed by atoms with Crippen molar-refractivity contribution in [2.24, 2.45) is 11.7 Å². The standard InChI is InChI=1S/C13H22N2O4/c1-9(13(14)18)5-6-12(17)15-10-4-2-3-7-19-8-11(10)16/h9-10H,2-8H2,1H3,(H2,14,18)(H,15,17)/t9-,10-/m0/s1. The van der Waals surface area contributed by atoms with E-state index >= 15 is 0 Å². The minimum atomic E-state index is -0.461. The molecule has 0 aliphatic carbocycles. The summed E-state index contributed by atoms with van der Waals surface area (Å²) in [5.74, 6) is -1.05. The summed E-state index contributed by atoms with van der Waals surface area (Å²) in [5.41, 5.74) is 5.13. The Bertz CT molecular complexity index is 344. The highest BCUT2D eigenvalue weighted by molar-refractivity contribution is 5.90. The monoisotopic (exact) mass is 270 g/mol. The fraction of sp³-hybridized carbons (Fsp3) is 0.769. The molecule has 0 aromatic carbocycles. The molecule has 19 heavy (non-hydrogen) atoms. The van der Waals surface area contributed by atoms with Crippen molar-refractivity contribution < 1.29 is 19.1 Å². The molecule has 1 aliphatic rings. The van der Waals surface area contributed by atoms with Crippen molar-refractivity contribution >= 4 is 17.6 Å². The molecule has 0 spiro atoms. The lowest BCUT2D eigenvalue weighted by atomic mass is 10.0. The number of hydrogen-bond donors (Lipinski definition) is 2. The number of carbonyl (C=O) groups is 3. The highest BCUT2D eigenvalue weighted by Crippen LogP contribution is 2.09. The SMILES string of the molecule is C[C@@H](CCC(=O)N[C@H]1CCCCOCC1=O)C(N)=O. The molecule has 0 aromatic rings. The molecule has 0 saturated carbocycles. The topological polar surface area (TPSA) is 98.5 Å². The maximum Gasteiger partial charge on any atom is 0.220 e. The van der Waals surface area contributed by atoms with Gasteiger partial charge in [0.1, 0.15) is 6.61 Å². The summed E-state index contributed by atoms with van der Waals surface area (Å²) in [6.45, 7) is 2.34. The molecular formula is C13H22N2O4. The molecule has 2 atom stereocenters. The van der Waals surface area contributed by atoms with Crippen molar-refractivity contribution in [1.82, 2.24) is 5.32 Å². The lowest BCUT2D eigenvalue weighted by Crippen LogP contribution is -2.43. The van der Waals surface area contributed by atoms with E-state index in [1.807, 2.05) is 0 Å². The van der Waals surface area contributed by atoms with Gasteiger partial charge in [0.2, 0.25) is 11.8 Å². The van der Waals surface area contributed by atoms with Gasteiger partial charge in [-0.3, -0.25) is 14.4 Å². The Morgan fingerprint density at radius 3 is 2.89 bits per heavy atom. The van der Waals surface area contributed by atoms with Crippen molar-refractivity contribution in [2.75, 3.05) is 13.2 Å². The first-order valence-corrected chi connectivity index (χ1v) is 6.70. The number of rotatable bonds is 5. The van der Waals surface area contributed by atoms with Gasteiger partial charge < -0.3 is 15.8 Å². The molecule has 1 aliphatic heterocycles. The predicted octanol–water partition coefficient (Wildman–Crippen LogP) is 0.142. The van der Waals surface area contributed by atoms with E-state index in [2.05, 4.69) is 5.32 Å². The summed E-state index contributed by atoms with van der Waals surface area (Å²) in [6.07, 6.45) is 3.01. The highest BCUT2D eigenvalue weighted by Gasteiger charge is 2.22. The smallest absolute Gasteiger partial charge is 0.220 e. The number of Topliss-reactive ketones (excluding diaryl/α,β-unsaturated/α-hetero) is 1. The van der Waals surface area contributed by atoms with Gasteiger partial charge >= 0.3 is 0 Å². The molecule has 3 N–H and O–H groups in total. The minimum Gasteiger partial charge on any atom is -0.374 e. The van der Waals surface area contributed by atoms with E-state index in [-0.39, 0.29) is 30.6 Å². The molecule has 1 fully saturated rings. The van der Waals surface area contributed by atoms with E-state index in [0.717, 1.165) is 12.8 Å². The van der Waals surface area contributed by atoms with Crippen LogP contribution in [-0.2, 0) is 19.1 Å². The molecule has 6 heteroatoms. The first kappa shape index (κ1) is 15.6. The number of ketones is 1. The van der Waals surface area contributed by atoms with E-state index in [1.165, 1.54) is 0 Å². The molecule has 6 nitrogen and oxygen atoms in total. The normalized spacial score (nSPS) is 22.2. The van der Waals surface area contributed by atoms with Crippen LogP contribution in [0.3, 0.4) is 0 Å². The Labute approximate surface area is 113 Å². The number of amides is 2. The third-order valence-electron chi connectivity index (χ3n) is 3.29. The van der Waals surface area contributed by atoms with Crippen LogP contribution in [0.2, 0.25) is 0 Å². The number of nitrogens with two attached hydrogens (primary N) is 1. The van der Waals surface area contributed by atoms with Crippen LogP contribution in [0, 0.1) is 5.92 Å². The van der Waals surface area contributed by atoms with Crippen molar-refractivity contribution in [1.29, 1.82) is 0 Å². The van der Waals surface area contributed by atoms with Crippen LogP contribution in [0.4, 0.5) is 0 Å². The largest absolute Gasteiger partial charge is 0.374 e. The average Bonchev–Trinajstić information content (AvgIpc) is 2.35. The van der Waals surface area contributed by atoms with Crippen LogP contribution in [0.1, 0.15) is 39.0 Å². The minimum absolute atomic E-state index is 0.0582. The first-order chi connectivity index (χ1) is 9.00. The maximum atomic E-state index is 11.7. The Morgan fingerprint density at radius 1 is 1.47 bits per heavy atom.